The van der Waals surface area contributed by atoms with Gasteiger partial charge in [-0.25, -0.2) is 4.79 Å². The lowest BCUT2D eigenvalue weighted by Crippen LogP contribution is -2.56. The number of carbonyl (C=O) groups is 6. The summed E-state index contributed by atoms with van der Waals surface area (Å²) in [4.78, 5) is 79.6. The Morgan fingerprint density at radius 3 is 2.00 bits per heavy atom. The summed E-state index contributed by atoms with van der Waals surface area (Å²) in [6.45, 7) is 4.15. The molecule has 0 saturated carbocycles. The lowest BCUT2D eigenvalue weighted by molar-refractivity contribution is -0.154. The maximum atomic E-state index is 13.6. The first-order chi connectivity index (χ1) is 25.4. The van der Waals surface area contributed by atoms with Crippen molar-refractivity contribution in [3.8, 4) is 11.5 Å². The molecular weight excluding hydrogens is 682 g/mol. The van der Waals surface area contributed by atoms with Gasteiger partial charge < -0.3 is 41.2 Å². The molecule has 0 aromatic heterocycles. The number of phenolic OH excluding ortho intramolecular Hbond substituents is 1. The van der Waals surface area contributed by atoms with E-state index in [4.69, 9.17) is 9.47 Å². The molecule has 0 spiro atoms. The summed E-state index contributed by atoms with van der Waals surface area (Å²) >= 11 is 0. The molecule has 4 rings (SSSR count). The minimum absolute atomic E-state index is 0.0195. The van der Waals surface area contributed by atoms with Gasteiger partial charge in [0, 0.05) is 24.5 Å². The SMILES string of the molecule is CC(C)C[C@@H]1NC(=O)[C@H](Cc2ccccc2)NC(=O)CNC(=O)[C@H](C)NC(=O)[C@H](Cc2ccc(O)cc2)NC(=O)/C=C\c2ccccc2OCOC1=O. The second-order valence-corrected chi connectivity index (χ2v) is 13.0. The van der Waals surface area contributed by atoms with Crippen molar-refractivity contribution in [2.24, 2.45) is 5.92 Å². The fourth-order valence-electron chi connectivity index (χ4n) is 5.43. The number of rotatable bonds is 6. The van der Waals surface area contributed by atoms with Crippen molar-refractivity contribution in [2.75, 3.05) is 13.3 Å². The highest BCUT2D eigenvalue weighted by Gasteiger charge is 2.30. The van der Waals surface area contributed by atoms with Crippen molar-refractivity contribution < 1.29 is 43.3 Å². The molecule has 3 aromatic carbocycles. The number of benzene rings is 3. The number of esters is 1. The molecule has 5 amide bonds. The number of carbonyl (C=O) groups excluding carboxylic acids is 6. The van der Waals surface area contributed by atoms with Crippen LogP contribution in [0, 0.1) is 5.92 Å². The lowest BCUT2D eigenvalue weighted by atomic mass is 10.0. The average molecular weight is 728 g/mol. The number of amides is 5. The molecule has 0 saturated heterocycles. The van der Waals surface area contributed by atoms with Crippen molar-refractivity contribution in [3.63, 3.8) is 0 Å². The Morgan fingerprint density at radius 2 is 1.30 bits per heavy atom. The average Bonchev–Trinajstić information content (AvgIpc) is 3.13. The van der Waals surface area contributed by atoms with Gasteiger partial charge in [-0.2, -0.15) is 0 Å². The minimum atomic E-state index is -1.14. The van der Waals surface area contributed by atoms with E-state index in [1.54, 1.807) is 60.7 Å². The van der Waals surface area contributed by atoms with Crippen LogP contribution in [-0.4, -0.2) is 78.1 Å². The van der Waals surface area contributed by atoms with Gasteiger partial charge >= 0.3 is 5.97 Å². The number of aromatic hydroxyl groups is 1. The fourth-order valence-corrected chi connectivity index (χ4v) is 5.43. The van der Waals surface area contributed by atoms with Crippen LogP contribution in [0.25, 0.3) is 6.08 Å². The summed E-state index contributed by atoms with van der Waals surface area (Å²) < 4.78 is 11.2. The van der Waals surface area contributed by atoms with Crippen LogP contribution >= 0.6 is 0 Å². The second-order valence-electron chi connectivity index (χ2n) is 13.0. The number of hydrogen-bond donors (Lipinski definition) is 6. The first kappa shape index (κ1) is 39.6. The molecule has 280 valence electrons. The predicted molar refractivity (Wildman–Crippen MR) is 195 cm³/mol. The highest BCUT2D eigenvalue weighted by atomic mass is 16.7. The molecule has 1 aliphatic heterocycles. The molecule has 53 heavy (non-hydrogen) atoms. The van der Waals surface area contributed by atoms with Crippen molar-refractivity contribution in [1.82, 2.24) is 26.6 Å². The number of para-hydroxylation sites is 1. The largest absolute Gasteiger partial charge is 0.508 e. The third-order valence-corrected chi connectivity index (χ3v) is 8.18. The summed E-state index contributed by atoms with van der Waals surface area (Å²) in [6.07, 6.45) is 3.01. The Morgan fingerprint density at radius 1 is 0.679 bits per heavy atom. The maximum absolute atomic E-state index is 13.6. The van der Waals surface area contributed by atoms with Gasteiger partial charge in [0.05, 0.1) is 6.54 Å². The van der Waals surface area contributed by atoms with Gasteiger partial charge in [0.15, 0.2) is 0 Å². The zero-order valence-corrected chi connectivity index (χ0v) is 29.8. The van der Waals surface area contributed by atoms with E-state index in [1.807, 2.05) is 19.9 Å². The van der Waals surface area contributed by atoms with Gasteiger partial charge in [-0.05, 0) is 54.7 Å². The zero-order chi connectivity index (χ0) is 38.3. The molecule has 4 atom stereocenters. The third kappa shape index (κ3) is 12.8. The molecule has 14 nitrogen and oxygen atoms in total. The van der Waals surface area contributed by atoms with Gasteiger partial charge in [-0.3, -0.25) is 24.0 Å². The van der Waals surface area contributed by atoms with E-state index in [0.29, 0.717) is 11.1 Å². The monoisotopic (exact) mass is 727 g/mol. The van der Waals surface area contributed by atoms with Crippen molar-refractivity contribution in [3.05, 3.63) is 102 Å². The van der Waals surface area contributed by atoms with Gasteiger partial charge in [-0.15, -0.1) is 0 Å². The van der Waals surface area contributed by atoms with Crippen molar-refractivity contribution >= 4 is 41.6 Å². The van der Waals surface area contributed by atoms with E-state index in [2.05, 4.69) is 26.6 Å². The first-order valence-corrected chi connectivity index (χ1v) is 17.2. The summed E-state index contributed by atoms with van der Waals surface area (Å²) in [7, 11) is 0. The number of cyclic esters (lactones) is 1. The highest BCUT2D eigenvalue weighted by molar-refractivity contribution is 5.97. The number of hydrogen-bond acceptors (Lipinski definition) is 9. The van der Waals surface area contributed by atoms with E-state index in [9.17, 15) is 33.9 Å². The zero-order valence-electron chi connectivity index (χ0n) is 29.8. The normalized spacial score (nSPS) is 21.7. The van der Waals surface area contributed by atoms with E-state index in [-0.39, 0.29) is 36.7 Å². The molecule has 1 aliphatic rings. The topological polar surface area (TPSA) is 201 Å². The molecule has 1 heterocycles. The van der Waals surface area contributed by atoms with Gasteiger partial charge in [0.25, 0.3) is 0 Å². The number of fused-ring (bicyclic) bond motifs is 1. The molecule has 14 heteroatoms. The van der Waals surface area contributed by atoms with Crippen molar-refractivity contribution in [1.29, 1.82) is 0 Å². The van der Waals surface area contributed by atoms with E-state index >= 15 is 0 Å². The van der Waals surface area contributed by atoms with Gasteiger partial charge in [-0.1, -0.05) is 74.5 Å². The summed E-state index contributed by atoms with van der Waals surface area (Å²) in [6, 6.07) is 17.3. The van der Waals surface area contributed by atoms with E-state index in [1.165, 1.54) is 31.2 Å². The maximum Gasteiger partial charge on any atom is 0.331 e. The smallest absolute Gasteiger partial charge is 0.331 e. The van der Waals surface area contributed by atoms with Crippen LogP contribution in [0.3, 0.4) is 0 Å². The van der Waals surface area contributed by atoms with Gasteiger partial charge in [0.1, 0.15) is 35.7 Å². The predicted octanol–water partition coefficient (Wildman–Crippen LogP) is 1.91. The Labute approximate surface area is 307 Å². The number of ether oxygens (including phenoxy) is 2. The van der Waals surface area contributed by atoms with Crippen LogP contribution in [-0.2, 0) is 46.3 Å². The number of nitrogens with one attached hydrogen (secondary N) is 5. The standard InChI is InChI=1S/C39H45N5O9/c1-24(2)19-32-39(51)53-23-52-33-12-8-7-11-28(33)15-18-34(46)42-30(21-27-13-16-29(45)17-14-27)37(49)41-25(3)36(48)40-22-35(47)43-31(38(50)44-32)20-26-9-5-4-6-10-26/h4-18,24-25,30-32,45H,19-23H2,1-3H3,(H,40,48)(H,41,49)(H,42,46)(H,43,47)(H,44,50)/b18-15-/t25-,30-,31-,32-/m0/s1. The van der Waals surface area contributed by atoms with Crippen LogP contribution in [0.15, 0.2) is 84.9 Å². The molecule has 3 aromatic rings. The Hall–Kier alpha value is -6.18. The summed E-state index contributed by atoms with van der Waals surface area (Å²) in [5.74, 6) is -3.78. The first-order valence-electron chi connectivity index (χ1n) is 17.2. The molecule has 0 fully saturated rings. The van der Waals surface area contributed by atoms with Crippen LogP contribution in [0.4, 0.5) is 0 Å². The second kappa shape index (κ2) is 19.4. The van der Waals surface area contributed by atoms with E-state index in [0.717, 1.165) is 5.56 Å². The van der Waals surface area contributed by atoms with Crippen LogP contribution in [0.1, 0.15) is 43.9 Å². The third-order valence-electron chi connectivity index (χ3n) is 8.18. The van der Waals surface area contributed by atoms with E-state index < -0.39 is 73.0 Å². The molecule has 6 N–H and O–H groups in total. The number of phenols is 1. The molecule has 0 unspecified atom stereocenters. The summed E-state index contributed by atoms with van der Waals surface area (Å²) in [5, 5.41) is 22.8. The summed E-state index contributed by atoms with van der Waals surface area (Å²) in [5.41, 5.74) is 1.83. The molecular formula is C39H45N5O9. The molecule has 0 bridgehead atoms. The Kier molecular flexibility index (Phi) is 14.5. The quantitative estimate of drug-likeness (QED) is 0.205. The highest BCUT2D eigenvalue weighted by Crippen LogP contribution is 2.20. The van der Waals surface area contributed by atoms with Crippen LogP contribution < -0.4 is 31.3 Å². The Balaban J connectivity index is 1.62. The Bertz CT molecular complexity index is 1780. The fraction of sp³-hybridized carbons (Fsp3) is 0.333. The van der Waals surface area contributed by atoms with Crippen LogP contribution in [0.5, 0.6) is 11.5 Å². The minimum Gasteiger partial charge on any atom is -0.508 e. The van der Waals surface area contributed by atoms with Gasteiger partial charge in [0.2, 0.25) is 36.3 Å². The molecule has 0 radical (unpaired) electrons. The van der Waals surface area contributed by atoms with Crippen molar-refractivity contribution in [2.45, 2.75) is 64.2 Å². The molecule has 0 aliphatic carbocycles. The lowest BCUT2D eigenvalue weighted by Gasteiger charge is -2.24. The van der Waals surface area contributed by atoms with Crippen LogP contribution in [0.2, 0.25) is 0 Å².